The van der Waals surface area contributed by atoms with Crippen molar-refractivity contribution in [2.75, 3.05) is 0 Å². The lowest BCUT2D eigenvalue weighted by atomic mass is 10.0. The molecule has 0 amide bonds. The third-order valence-corrected chi connectivity index (χ3v) is 3.14. The Morgan fingerprint density at radius 3 is 2.90 bits per heavy atom. The van der Waals surface area contributed by atoms with Crippen molar-refractivity contribution in [3.8, 4) is 16.9 Å². The van der Waals surface area contributed by atoms with Crippen molar-refractivity contribution in [2.45, 2.75) is 0 Å². The number of para-hydroxylation sites is 1. The third-order valence-electron chi connectivity index (χ3n) is 2.65. The molecule has 0 aliphatic carbocycles. The first kappa shape index (κ1) is 7.81. The van der Waals surface area contributed by atoms with Gasteiger partial charge in [-0.3, -0.25) is 4.98 Å². The van der Waals surface area contributed by atoms with Gasteiger partial charge in [0.1, 0.15) is 5.75 Å². The van der Waals surface area contributed by atoms with E-state index in [1.54, 1.807) is 12.1 Å². The van der Waals surface area contributed by atoms with Crippen LogP contribution in [0.15, 0.2) is 59.1 Å². The molecular formula is C15H10BBrNO2. The van der Waals surface area contributed by atoms with Gasteiger partial charge in [0, 0.05) is 27.2 Å². The fourth-order valence-corrected chi connectivity index (χ4v) is 2.19. The number of rotatable bonds is 3. The quantitative estimate of drug-likeness (QED) is 0.745. The minimum atomic E-state index is -0.466. The highest BCUT2D eigenvalue weighted by molar-refractivity contribution is 9.10. The molecule has 3 nitrogen and oxygen atoms in total. The van der Waals surface area contributed by atoms with E-state index in [9.17, 15) is 0 Å². The van der Waals surface area contributed by atoms with Gasteiger partial charge in [-0.1, -0.05) is 40.1 Å². The number of pyridine rings is 1. The Bertz CT molecular complexity index is 1040. The fraction of sp³-hybridized carbons (Fsp3) is 0. The predicted molar refractivity (Wildman–Crippen MR) is 83.5 cm³/mol. The second-order valence-electron chi connectivity index (χ2n) is 3.81. The maximum Gasteiger partial charge on any atom is 0.569 e. The molecule has 0 spiro atoms. The summed E-state index contributed by atoms with van der Waals surface area (Å²) in [7, 11) is 0.472. The van der Waals surface area contributed by atoms with Crippen molar-refractivity contribution >= 4 is 34.5 Å². The monoisotopic (exact) mass is 332 g/mol. The van der Waals surface area contributed by atoms with E-state index < -0.39 is 30.3 Å². The Morgan fingerprint density at radius 1 is 1.20 bits per heavy atom. The van der Waals surface area contributed by atoms with E-state index in [2.05, 4.69) is 20.9 Å². The number of nitrogens with zero attached hydrogens (tertiary/aromatic N) is 1. The Morgan fingerprint density at radius 2 is 2.05 bits per heavy atom. The topological polar surface area (TPSA) is 42.4 Å². The molecule has 0 aliphatic heterocycles. The molecule has 0 saturated carbocycles. The molecule has 0 atom stereocenters. The summed E-state index contributed by atoms with van der Waals surface area (Å²) >= 11 is 3.31. The molecule has 0 saturated heterocycles. The molecule has 5 heteroatoms. The minimum absolute atomic E-state index is 0.0112. The van der Waals surface area contributed by atoms with Crippen molar-refractivity contribution in [1.29, 1.82) is 0 Å². The third kappa shape index (κ3) is 2.42. The van der Waals surface area contributed by atoms with E-state index in [-0.39, 0.29) is 33.8 Å². The summed E-state index contributed by atoms with van der Waals surface area (Å²) < 4.78 is 53.8. The smallest absolute Gasteiger partial charge is 0.537 e. The lowest BCUT2D eigenvalue weighted by Crippen LogP contribution is -2.01. The lowest BCUT2D eigenvalue weighted by Gasteiger charge is -2.12. The summed E-state index contributed by atoms with van der Waals surface area (Å²) in [6.07, 6.45) is -0.466. The summed E-state index contributed by atoms with van der Waals surface area (Å²) in [5.74, 6) is 0.164. The molecule has 3 aromatic rings. The molecule has 0 bridgehead atoms. The summed E-state index contributed by atoms with van der Waals surface area (Å²) in [4.78, 5) is 4.00. The fourth-order valence-electron chi connectivity index (χ4n) is 1.83. The average Bonchev–Trinajstić information content (AvgIpc) is 2.60. The van der Waals surface area contributed by atoms with Crippen molar-refractivity contribution in [1.82, 2.24) is 4.98 Å². The number of halogens is 1. The van der Waals surface area contributed by atoms with Gasteiger partial charge in [0.25, 0.3) is 0 Å². The molecular weight excluding hydrogens is 317 g/mol. The zero-order chi connectivity index (χ0) is 19.2. The molecule has 1 aromatic heterocycles. The molecule has 1 heterocycles. The molecule has 97 valence electrons. The second-order valence-corrected chi connectivity index (χ2v) is 4.73. The van der Waals surface area contributed by atoms with Crippen molar-refractivity contribution in [2.24, 2.45) is 0 Å². The van der Waals surface area contributed by atoms with E-state index >= 15 is 0 Å². The molecule has 1 radical (unpaired) electrons. The molecule has 2 aromatic carbocycles. The van der Waals surface area contributed by atoms with E-state index in [1.165, 1.54) is 6.07 Å². The number of benzene rings is 2. The predicted octanol–water partition coefficient (Wildman–Crippen LogP) is 3.57. The van der Waals surface area contributed by atoms with Gasteiger partial charge < -0.3 is 9.68 Å². The van der Waals surface area contributed by atoms with Crippen LogP contribution < -0.4 is 4.65 Å². The summed E-state index contributed by atoms with van der Waals surface area (Å²) in [5, 5.41) is 8.91. The van der Waals surface area contributed by atoms with Gasteiger partial charge in [-0.15, -0.1) is 0 Å². The van der Waals surface area contributed by atoms with Crippen molar-refractivity contribution < 1.29 is 17.9 Å². The van der Waals surface area contributed by atoms with E-state index in [0.717, 1.165) is 0 Å². The van der Waals surface area contributed by atoms with E-state index in [1.807, 2.05) is 0 Å². The molecule has 1 N–H and O–H groups in total. The Labute approximate surface area is 134 Å². The number of aromatic nitrogens is 1. The van der Waals surface area contributed by atoms with Crippen LogP contribution in [0.4, 0.5) is 0 Å². The van der Waals surface area contributed by atoms with Gasteiger partial charge in [0.2, 0.25) is 0 Å². The van der Waals surface area contributed by atoms with Crippen LogP contribution in [-0.2, 0) is 0 Å². The van der Waals surface area contributed by atoms with Gasteiger partial charge in [-0.25, -0.2) is 0 Å². The number of fused-ring (bicyclic) bond motifs is 1. The molecule has 0 aliphatic rings. The molecule has 0 unspecified atom stereocenters. The van der Waals surface area contributed by atoms with Crippen LogP contribution in [-0.4, -0.2) is 17.7 Å². The van der Waals surface area contributed by atoms with Crippen LogP contribution in [0.1, 0.15) is 8.22 Å². The first-order valence-electron chi connectivity index (χ1n) is 8.57. The van der Waals surface area contributed by atoms with Crippen LogP contribution in [0.2, 0.25) is 0 Å². The number of hydrogen-bond acceptors (Lipinski definition) is 3. The summed E-state index contributed by atoms with van der Waals surface area (Å²) in [5.41, 5.74) is 0.362. The van der Waals surface area contributed by atoms with Gasteiger partial charge in [-0.2, -0.15) is 0 Å². The van der Waals surface area contributed by atoms with Crippen molar-refractivity contribution in [3.63, 3.8) is 0 Å². The van der Waals surface area contributed by atoms with Crippen molar-refractivity contribution in [3.05, 3.63) is 59.1 Å². The van der Waals surface area contributed by atoms with E-state index in [0.29, 0.717) is 12.2 Å². The zero-order valence-corrected chi connectivity index (χ0v) is 11.6. The minimum Gasteiger partial charge on any atom is -0.537 e. The summed E-state index contributed by atoms with van der Waals surface area (Å²) in [6.45, 7) is 0. The number of hydrogen-bond donors (Lipinski definition) is 1. The van der Waals surface area contributed by atoms with Gasteiger partial charge in [0.05, 0.1) is 13.7 Å². The summed E-state index contributed by atoms with van der Waals surface area (Å²) in [6, 6.07) is 2.75. The average molecular weight is 333 g/mol. The maximum atomic E-state index is 8.99. The van der Waals surface area contributed by atoms with Crippen LogP contribution in [0.5, 0.6) is 5.75 Å². The van der Waals surface area contributed by atoms with Crippen LogP contribution in [0.3, 0.4) is 0 Å². The van der Waals surface area contributed by atoms with Gasteiger partial charge >= 0.3 is 7.69 Å². The van der Waals surface area contributed by atoms with E-state index in [4.69, 9.17) is 17.9 Å². The first-order valence-corrected chi connectivity index (χ1v) is 6.37. The van der Waals surface area contributed by atoms with Gasteiger partial charge in [-0.05, 0) is 24.2 Å². The SMILES string of the molecule is [2H]c1nc2c(-c3cc(Br)ccc3O[B]O)c([2H])c([2H])c([2H])c2c([2H])c1[2H]. The highest BCUT2D eigenvalue weighted by Crippen LogP contribution is 2.35. The van der Waals surface area contributed by atoms with Crippen LogP contribution in [0.25, 0.3) is 22.0 Å². The second kappa shape index (κ2) is 5.65. The molecule has 3 rings (SSSR count). The highest BCUT2D eigenvalue weighted by Gasteiger charge is 2.11. The normalized spacial score (nSPS) is 14.7. The highest BCUT2D eigenvalue weighted by atomic mass is 79.9. The van der Waals surface area contributed by atoms with Crippen LogP contribution >= 0.6 is 15.9 Å². The lowest BCUT2D eigenvalue weighted by molar-refractivity contribution is 0.454. The maximum absolute atomic E-state index is 8.99. The molecule has 0 fully saturated rings. The first-order chi connectivity index (χ1) is 12.3. The van der Waals surface area contributed by atoms with Gasteiger partial charge in [0.15, 0.2) is 0 Å². The Balaban J connectivity index is 2.54. The standard InChI is InChI=1S/C15H10BBrNO2/c17-11-6-7-14(20-16-19)13(9-11)12-5-1-3-10-4-2-8-18-15(10)12/h1-9,19H/i1D,2D,3D,4D,5D,8D. The van der Waals surface area contributed by atoms with Crippen LogP contribution in [0, 0.1) is 0 Å². The zero-order valence-electron chi connectivity index (χ0n) is 16.0. The molecule has 20 heavy (non-hydrogen) atoms. The Hall–Kier alpha value is -1.85. The largest absolute Gasteiger partial charge is 0.569 e. The Kier molecular flexibility index (Phi) is 2.21.